The van der Waals surface area contributed by atoms with Crippen LogP contribution in [0.3, 0.4) is 0 Å². The molecule has 0 spiro atoms. The highest BCUT2D eigenvalue weighted by Crippen LogP contribution is 2.51. The molecular formula is C23H38NO5P. The van der Waals surface area contributed by atoms with Crippen molar-refractivity contribution >= 4 is 13.5 Å². The van der Waals surface area contributed by atoms with Crippen LogP contribution in [-0.2, 0) is 25.3 Å². The van der Waals surface area contributed by atoms with Crippen LogP contribution in [0.25, 0.3) is 0 Å². The summed E-state index contributed by atoms with van der Waals surface area (Å²) in [6.07, 6.45) is 3.86. The zero-order valence-corrected chi connectivity index (χ0v) is 20.2. The van der Waals surface area contributed by atoms with Crippen molar-refractivity contribution in [3.63, 3.8) is 0 Å². The van der Waals surface area contributed by atoms with Crippen LogP contribution in [0.15, 0.2) is 18.2 Å². The maximum absolute atomic E-state index is 13.8. The van der Waals surface area contributed by atoms with Crippen molar-refractivity contribution in [2.45, 2.75) is 85.3 Å². The molecule has 1 unspecified atom stereocenters. The molecule has 1 aliphatic carbocycles. The molecule has 1 N–H and O–H groups in total. The third kappa shape index (κ3) is 7.11. The van der Waals surface area contributed by atoms with Crippen LogP contribution in [0.1, 0.15) is 77.8 Å². The van der Waals surface area contributed by atoms with Gasteiger partial charge >= 0.3 is 13.5 Å². The fourth-order valence-electron chi connectivity index (χ4n) is 3.52. The van der Waals surface area contributed by atoms with Gasteiger partial charge in [-0.3, -0.25) is 9.36 Å². The second-order valence-electron chi connectivity index (χ2n) is 8.43. The molecular weight excluding hydrogens is 401 g/mol. The normalized spacial score (nSPS) is 18.0. The van der Waals surface area contributed by atoms with Crippen molar-refractivity contribution in [1.82, 2.24) is 5.09 Å². The predicted molar refractivity (Wildman–Crippen MR) is 120 cm³/mol. The number of benzene rings is 1. The molecule has 1 fully saturated rings. The van der Waals surface area contributed by atoms with Gasteiger partial charge in [-0.05, 0) is 69.9 Å². The first kappa shape index (κ1) is 24.9. The Morgan fingerprint density at radius 2 is 1.90 bits per heavy atom. The summed E-state index contributed by atoms with van der Waals surface area (Å²) in [5.41, 5.74) is 2.12. The Hall–Kier alpha value is -1.36. The van der Waals surface area contributed by atoms with Gasteiger partial charge in [-0.15, -0.1) is 0 Å². The van der Waals surface area contributed by atoms with Gasteiger partial charge < -0.3 is 14.0 Å². The van der Waals surface area contributed by atoms with Crippen LogP contribution in [0, 0.1) is 5.92 Å². The Kier molecular flexibility index (Phi) is 9.39. The third-order valence-electron chi connectivity index (χ3n) is 5.27. The lowest BCUT2D eigenvalue weighted by Gasteiger charge is -2.27. The summed E-state index contributed by atoms with van der Waals surface area (Å²) in [5, 5.41) is 2.90. The number of rotatable bonds is 13. The van der Waals surface area contributed by atoms with E-state index in [0.29, 0.717) is 24.2 Å². The Morgan fingerprint density at radius 3 is 2.47 bits per heavy atom. The van der Waals surface area contributed by atoms with Crippen LogP contribution in [0.4, 0.5) is 0 Å². The maximum Gasteiger partial charge on any atom is 0.342 e. The number of aryl methyl sites for hydroxylation is 1. The average Bonchev–Trinajstić information content (AvgIpc) is 3.52. The largest absolute Gasteiger partial charge is 0.462 e. The molecule has 0 aromatic heterocycles. The quantitative estimate of drug-likeness (QED) is 0.316. The number of carbonyl (C=O) groups is 1. The SMILES string of the molecule is CCCc1cccc([C@H](C)C2CC2)c1OP(=O)(COCC)N[C@@H](C)C(=O)OC(C)C. The van der Waals surface area contributed by atoms with Crippen molar-refractivity contribution in [3.8, 4) is 5.75 Å². The molecule has 7 heteroatoms. The van der Waals surface area contributed by atoms with Gasteiger partial charge in [0.2, 0.25) is 0 Å². The maximum atomic E-state index is 13.8. The minimum atomic E-state index is -3.51. The summed E-state index contributed by atoms with van der Waals surface area (Å²) in [4.78, 5) is 12.3. The molecule has 2 rings (SSSR count). The molecule has 1 aromatic rings. The molecule has 3 atom stereocenters. The van der Waals surface area contributed by atoms with Crippen molar-refractivity contribution in [1.29, 1.82) is 0 Å². The second-order valence-corrected chi connectivity index (χ2v) is 10.5. The number of hydrogen-bond acceptors (Lipinski definition) is 5. The lowest BCUT2D eigenvalue weighted by atomic mass is 9.92. The summed E-state index contributed by atoms with van der Waals surface area (Å²) in [7, 11) is -3.51. The number of nitrogens with one attached hydrogen (secondary N) is 1. The van der Waals surface area contributed by atoms with Crippen molar-refractivity contribution in [3.05, 3.63) is 29.3 Å². The van der Waals surface area contributed by atoms with Crippen molar-refractivity contribution < 1.29 is 23.4 Å². The van der Waals surface area contributed by atoms with Crippen LogP contribution in [0.5, 0.6) is 5.75 Å². The summed E-state index contributed by atoms with van der Waals surface area (Å²) in [6.45, 7) is 11.8. The van der Waals surface area contributed by atoms with E-state index in [9.17, 15) is 9.36 Å². The third-order valence-corrected chi connectivity index (χ3v) is 7.05. The Labute approximate surface area is 181 Å². The van der Waals surface area contributed by atoms with Gasteiger partial charge in [0.15, 0.2) is 0 Å². The summed E-state index contributed by atoms with van der Waals surface area (Å²) in [6, 6.07) is 5.37. The molecule has 0 radical (unpaired) electrons. The molecule has 1 saturated carbocycles. The highest BCUT2D eigenvalue weighted by molar-refractivity contribution is 7.57. The zero-order chi connectivity index (χ0) is 22.3. The molecule has 0 saturated heterocycles. The molecule has 0 aliphatic heterocycles. The number of hydrogen-bond donors (Lipinski definition) is 1. The number of para-hydroxylation sites is 1. The van der Waals surface area contributed by atoms with E-state index in [1.807, 2.05) is 13.0 Å². The van der Waals surface area contributed by atoms with E-state index >= 15 is 0 Å². The van der Waals surface area contributed by atoms with Gasteiger partial charge in [-0.2, -0.15) is 0 Å². The fraction of sp³-hybridized carbons (Fsp3) is 0.696. The summed E-state index contributed by atoms with van der Waals surface area (Å²) in [5.74, 6) is 1.20. The van der Waals surface area contributed by atoms with Crippen LogP contribution >= 0.6 is 7.52 Å². The Morgan fingerprint density at radius 1 is 1.20 bits per heavy atom. The van der Waals surface area contributed by atoms with Gasteiger partial charge in [-0.1, -0.05) is 38.5 Å². The van der Waals surface area contributed by atoms with E-state index in [2.05, 4.69) is 31.1 Å². The van der Waals surface area contributed by atoms with E-state index in [-0.39, 0.29) is 12.5 Å². The van der Waals surface area contributed by atoms with E-state index in [4.69, 9.17) is 14.0 Å². The molecule has 170 valence electrons. The van der Waals surface area contributed by atoms with Gasteiger partial charge in [-0.25, -0.2) is 5.09 Å². The minimum Gasteiger partial charge on any atom is -0.462 e. The number of esters is 1. The highest BCUT2D eigenvalue weighted by Gasteiger charge is 2.35. The van der Waals surface area contributed by atoms with Crippen LogP contribution < -0.4 is 9.61 Å². The molecule has 6 nitrogen and oxygen atoms in total. The molecule has 0 heterocycles. The van der Waals surface area contributed by atoms with Gasteiger partial charge in [0.25, 0.3) is 0 Å². The molecule has 1 aromatic carbocycles. The average molecular weight is 440 g/mol. The first-order valence-corrected chi connectivity index (χ1v) is 13.0. The first-order chi connectivity index (χ1) is 14.2. The van der Waals surface area contributed by atoms with Gasteiger partial charge in [0, 0.05) is 6.61 Å². The Balaban J connectivity index is 2.34. The van der Waals surface area contributed by atoms with Crippen LogP contribution in [0.2, 0.25) is 0 Å². The number of ether oxygens (including phenoxy) is 2. The van der Waals surface area contributed by atoms with E-state index in [1.54, 1.807) is 20.8 Å². The minimum absolute atomic E-state index is 0.111. The lowest BCUT2D eigenvalue weighted by Crippen LogP contribution is -2.36. The van der Waals surface area contributed by atoms with Gasteiger partial charge in [0.1, 0.15) is 18.1 Å². The molecule has 0 bridgehead atoms. The number of carbonyl (C=O) groups excluding carboxylic acids is 1. The molecule has 1 aliphatic rings. The second kappa shape index (κ2) is 11.3. The topological polar surface area (TPSA) is 73.9 Å². The monoisotopic (exact) mass is 439 g/mol. The summed E-state index contributed by atoms with van der Waals surface area (Å²) < 4.78 is 30.8. The zero-order valence-electron chi connectivity index (χ0n) is 19.3. The molecule has 30 heavy (non-hydrogen) atoms. The lowest BCUT2D eigenvalue weighted by molar-refractivity contribution is -0.149. The van der Waals surface area contributed by atoms with Crippen molar-refractivity contribution in [2.75, 3.05) is 13.0 Å². The smallest absolute Gasteiger partial charge is 0.342 e. The summed E-state index contributed by atoms with van der Waals surface area (Å²) >= 11 is 0. The van der Waals surface area contributed by atoms with Gasteiger partial charge in [0.05, 0.1) is 6.10 Å². The molecule has 0 amide bonds. The van der Waals surface area contributed by atoms with E-state index in [1.165, 1.54) is 12.8 Å². The van der Waals surface area contributed by atoms with E-state index < -0.39 is 19.5 Å². The fourth-order valence-corrected chi connectivity index (χ4v) is 5.34. The van der Waals surface area contributed by atoms with E-state index in [0.717, 1.165) is 24.0 Å². The standard InChI is InChI=1S/C23H38NO5P/c1-7-10-20-11-9-12-21(17(5)19-13-14-19)22(20)29-30(26,15-27-8-2)24-18(6)23(25)28-16(3)4/h9,11-12,16-19H,7-8,10,13-15H2,1-6H3,(H,24,26)/t17-,18+,30?/m1/s1. The Bertz CT molecular complexity index is 747. The first-order valence-electron chi connectivity index (χ1n) is 11.2. The highest BCUT2D eigenvalue weighted by atomic mass is 31.2. The predicted octanol–water partition coefficient (Wildman–Crippen LogP) is 5.65. The van der Waals surface area contributed by atoms with Crippen LogP contribution in [-0.4, -0.2) is 31.1 Å². The van der Waals surface area contributed by atoms with Crippen molar-refractivity contribution in [2.24, 2.45) is 5.92 Å².